The molecule has 0 fully saturated rings. The third kappa shape index (κ3) is 3.12. The molecule has 1 aromatic heterocycles. The average Bonchev–Trinajstić information content (AvgIpc) is 2.75. The van der Waals surface area contributed by atoms with Gasteiger partial charge in [0.05, 0.1) is 12.0 Å². The second-order valence-corrected chi connectivity index (χ2v) is 3.83. The van der Waals surface area contributed by atoms with Crippen LogP contribution in [0.2, 0.25) is 0 Å². The number of hydrogen-bond acceptors (Lipinski definition) is 5. The summed E-state index contributed by atoms with van der Waals surface area (Å²) in [6, 6.07) is 5.89. The molecule has 98 valence electrons. The van der Waals surface area contributed by atoms with E-state index in [-0.39, 0.29) is 17.9 Å². The van der Waals surface area contributed by atoms with Crippen molar-refractivity contribution in [3.63, 3.8) is 0 Å². The highest BCUT2D eigenvalue weighted by molar-refractivity contribution is 5.93. The highest BCUT2D eigenvalue weighted by Gasteiger charge is 2.10. The van der Waals surface area contributed by atoms with Crippen LogP contribution in [0.4, 0.5) is 5.69 Å². The molecule has 0 spiro atoms. The summed E-state index contributed by atoms with van der Waals surface area (Å²) in [5.74, 6) is -0.844. The van der Waals surface area contributed by atoms with Crippen LogP contribution in [-0.4, -0.2) is 37.2 Å². The van der Waals surface area contributed by atoms with Crippen LogP contribution in [0.25, 0.3) is 0 Å². The van der Waals surface area contributed by atoms with Crippen molar-refractivity contribution >= 4 is 17.6 Å². The summed E-state index contributed by atoms with van der Waals surface area (Å²) in [5, 5.41) is 22.1. The average molecular weight is 261 g/mol. The fourth-order valence-electron chi connectivity index (χ4n) is 1.44. The third-order valence-electron chi connectivity index (χ3n) is 2.44. The number of benzene rings is 1. The molecule has 0 aliphatic carbocycles. The van der Waals surface area contributed by atoms with E-state index in [1.54, 1.807) is 7.05 Å². The summed E-state index contributed by atoms with van der Waals surface area (Å²) in [7, 11) is 1.64. The van der Waals surface area contributed by atoms with Gasteiger partial charge in [-0.15, -0.1) is 5.10 Å². The first-order chi connectivity index (χ1) is 9.06. The number of nitrogens with zero attached hydrogens (tertiary/aromatic N) is 4. The molecule has 1 aromatic carbocycles. The van der Waals surface area contributed by atoms with Gasteiger partial charge in [-0.1, -0.05) is 0 Å². The molecule has 0 saturated carbocycles. The molecule has 1 heterocycles. The Kier molecular flexibility index (Phi) is 3.51. The van der Waals surface area contributed by atoms with Gasteiger partial charge in [0.15, 0.2) is 5.82 Å². The lowest BCUT2D eigenvalue weighted by molar-refractivity contribution is -0.115. The minimum absolute atomic E-state index is 0.0458. The van der Waals surface area contributed by atoms with Crippen molar-refractivity contribution in [1.29, 1.82) is 0 Å². The Morgan fingerprint density at radius 3 is 2.53 bits per heavy atom. The molecule has 0 radical (unpaired) electrons. The fraction of sp³-hybridized carbons (Fsp3) is 0.182. The lowest BCUT2D eigenvalue weighted by atomic mass is 10.2. The molecule has 0 saturated heterocycles. The predicted molar refractivity (Wildman–Crippen MR) is 64.5 cm³/mol. The molecule has 0 aliphatic heterocycles. The molecule has 8 heteroatoms. The largest absolute Gasteiger partial charge is 0.478 e. The number of aromatic nitrogens is 4. The molecule has 1 amide bonds. The van der Waals surface area contributed by atoms with Gasteiger partial charge in [0.1, 0.15) is 0 Å². The number of carbonyl (C=O) groups is 2. The molecule has 19 heavy (non-hydrogen) atoms. The van der Waals surface area contributed by atoms with Crippen molar-refractivity contribution in [2.75, 3.05) is 5.32 Å². The normalized spacial score (nSPS) is 10.2. The van der Waals surface area contributed by atoms with E-state index >= 15 is 0 Å². The first-order valence-electron chi connectivity index (χ1n) is 5.40. The number of nitrogens with one attached hydrogen (secondary N) is 1. The van der Waals surface area contributed by atoms with Crippen LogP contribution < -0.4 is 5.32 Å². The fourth-order valence-corrected chi connectivity index (χ4v) is 1.44. The number of carboxylic acid groups (broad SMARTS) is 1. The zero-order chi connectivity index (χ0) is 13.8. The van der Waals surface area contributed by atoms with Crippen LogP contribution in [0.3, 0.4) is 0 Å². The maximum atomic E-state index is 11.7. The van der Waals surface area contributed by atoms with E-state index in [0.29, 0.717) is 11.5 Å². The van der Waals surface area contributed by atoms with Crippen LogP contribution in [0, 0.1) is 0 Å². The number of tetrazole rings is 1. The topological polar surface area (TPSA) is 110 Å². The number of rotatable bonds is 4. The van der Waals surface area contributed by atoms with Crippen molar-refractivity contribution in [1.82, 2.24) is 20.2 Å². The quantitative estimate of drug-likeness (QED) is 0.807. The van der Waals surface area contributed by atoms with Crippen molar-refractivity contribution < 1.29 is 14.7 Å². The molecular formula is C11H11N5O3. The molecule has 0 unspecified atom stereocenters. The van der Waals surface area contributed by atoms with E-state index in [4.69, 9.17) is 5.11 Å². The SMILES string of the molecule is Cn1nnnc1CC(=O)Nc1ccc(C(=O)O)cc1. The van der Waals surface area contributed by atoms with E-state index in [0.717, 1.165) is 0 Å². The molecule has 0 aliphatic rings. The number of amides is 1. The number of carbonyl (C=O) groups excluding carboxylic acids is 1. The van der Waals surface area contributed by atoms with Gasteiger partial charge in [-0.3, -0.25) is 4.79 Å². The second-order valence-electron chi connectivity index (χ2n) is 3.83. The molecule has 8 nitrogen and oxygen atoms in total. The summed E-state index contributed by atoms with van der Waals surface area (Å²) in [6.45, 7) is 0. The summed E-state index contributed by atoms with van der Waals surface area (Å²) >= 11 is 0. The summed E-state index contributed by atoms with van der Waals surface area (Å²) < 4.78 is 1.41. The Bertz CT molecular complexity index is 605. The lowest BCUT2D eigenvalue weighted by Crippen LogP contribution is -2.17. The van der Waals surface area contributed by atoms with E-state index in [1.807, 2.05) is 0 Å². The summed E-state index contributed by atoms with van der Waals surface area (Å²) in [5.41, 5.74) is 0.681. The number of aryl methyl sites for hydroxylation is 1. The number of hydrogen-bond donors (Lipinski definition) is 2. The Balaban J connectivity index is 1.99. The molecule has 2 rings (SSSR count). The Morgan fingerprint density at radius 1 is 1.32 bits per heavy atom. The van der Waals surface area contributed by atoms with Crippen LogP contribution in [-0.2, 0) is 18.3 Å². The van der Waals surface area contributed by atoms with E-state index < -0.39 is 5.97 Å². The molecular weight excluding hydrogens is 250 g/mol. The molecule has 2 N–H and O–H groups in total. The molecule has 0 atom stereocenters. The van der Waals surface area contributed by atoms with Gasteiger partial charge < -0.3 is 10.4 Å². The van der Waals surface area contributed by atoms with E-state index in [9.17, 15) is 9.59 Å². The van der Waals surface area contributed by atoms with Crippen LogP contribution in [0.1, 0.15) is 16.2 Å². The maximum absolute atomic E-state index is 11.7. The van der Waals surface area contributed by atoms with E-state index in [2.05, 4.69) is 20.8 Å². The van der Waals surface area contributed by atoms with Gasteiger partial charge in [0.25, 0.3) is 0 Å². The van der Waals surface area contributed by atoms with Gasteiger partial charge in [-0.05, 0) is 34.7 Å². The Morgan fingerprint density at radius 2 is 2.00 bits per heavy atom. The smallest absolute Gasteiger partial charge is 0.335 e. The lowest BCUT2D eigenvalue weighted by Gasteiger charge is -2.04. The van der Waals surface area contributed by atoms with Crippen LogP contribution in [0.15, 0.2) is 24.3 Å². The number of carboxylic acids is 1. The van der Waals surface area contributed by atoms with Crippen molar-refractivity contribution in [3.05, 3.63) is 35.7 Å². The monoisotopic (exact) mass is 261 g/mol. The van der Waals surface area contributed by atoms with Gasteiger partial charge in [0.2, 0.25) is 5.91 Å². The van der Waals surface area contributed by atoms with Crippen molar-refractivity contribution in [2.24, 2.45) is 7.05 Å². The number of aromatic carboxylic acids is 1. The minimum atomic E-state index is -1.01. The molecule has 2 aromatic rings. The maximum Gasteiger partial charge on any atom is 0.335 e. The standard InChI is InChI=1S/C11H11N5O3/c1-16-9(13-14-15-16)6-10(17)12-8-4-2-7(3-5-8)11(18)19/h2-5H,6H2,1H3,(H,12,17)(H,18,19). The van der Waals surface area contributed by atoms with Gasteiger partial charge in [-0.25, -0.2) is 9.48 Å². The van der Waals surface area contributed by atoms with Crippen molar-refractivity contribution in [3.8, 4) is 0 Å². The highest BCUT2D eigenvalue weighted by Crippen LogP contribution is 2.10. The Hall–Kier alpha value is -2.77. The minimum Gasteiger partial charge on any atom is -0.478 e. The first-order valence-corrected chi connectivity index (χ1v) is 5.40. The highest BCUT2D eigenvalue weighted by atomic mass is 16.4. The van der Waals surface area contributed by atoms with Crippen LogP contribution >= 0.6 is 0 Å². The van der Waals surface area contributed by atoms with Crippen LogP contribution in [0.5, 0.6) is 0 Å². The summed E-state index contributed by atoms with van der Waals surface area (Å²) in [6.07, 6.45) is 0.0458. The zero-order valence-corrected chi connectivity index (χ0v) is 10.1. The van der Waals surface area contributed by atoms with E-state index in [1.165, 1.54) is 28.9 Å². The second kappa shape index (κ2) is 5.25. The predicted octanol–water partition coefficient (Wildman–Crippen LogP) is 0.0895. The Labute approximate surface area is 108 Å². The zero-order valence-electron chi connectivity index (χ0n) is 10.1. The molecule has 0 bridgehead atoms. The van der Waals surface area contributed by atoms with Gasteiger partial charge in [0, 0.05) is 12.7 Å². The summed E-state index contributed by atoms with van der Waals surface area (Å²) in [4.78, 5) is 22.4. The van der Waals surface area contributed by atoms with Crippen molar-refractivity contribution in [2.45, 2.75) is 6.42 Å². The third-order valence-corrected chi connectivity index (χ3v) is 2.44. The van der Waals surface area contributed by atoms with Gasteiger partial charge >= 0.3 is 5.97 Å². The number of anilines is 1. The first kappa shape index (κ1) is 12.7. The van der Waals surface area contributed by atoms with Gasteiger partial charge in [-0.2, -0.15) is 0 Å².